The van der Waals surface area contributed by atoms with Gasteiger partial charge in [-0.3, -0.25) is 10.1 Å². The number of nitrogens with two attached hydrogens (primary N) is 1. The fourth-order valence-corrected chi connectivity index (χ4v) is 3.73. The molecule has 2 aromatic rings. The predicted octanol–water partition coefficient (Wildman–Crippen LogP) is 2.59. The Morgan fingerprint density at radius 3 is 2.52 bits per heavy atom. The minimum absolute atomic E-state index is 0.00813. The van der Waals surface area contributed by atoms with Crippen molar-refractivity contribution in [1.82, 2.24) is 15.5 Å². The van der Waals surface area contributed by atoms with Crippen LogP contribution in [0.1, 0.15) is 13.8 Å². The SMILES string of the molecule is CC(C)[C@H](Sc1nnc(Nc2ccccc2)s1)C(=O)NC(N)=O. The van der Waals surface area contributed by atoms with Crippen LogP contribution in [0.25, 0.3) is 0 Å². The summed E-state index contributed by atoms with van der Waals surface area (Å²) in [5.74, 6) is -0.418. The second kappa shape index (κ2) is 7.93. The van der Waals surface area contributed by atoms with E-state index in [4.69, 9.17) is 5.73 Å². The first kappa shape index (κ1) is 17.2. The summed E-state index contributed by atoms with van der Waals surface area (Å²) >= 11 is 2.61. The fraction of sp³-hybridized carbons (Fsp3) is 0.286. The minimum Gasteiger partial charge on any atom is -0.351 e. The number of hydrogen-bond donors (Lipinski definition) is 3. The summed E-state index contributed by atoms with van der Waals surface area (Å²) in [7, 11) is 0. The van der Waals surface area contributed by atoms with E-state index < -0.39 is 17.2 Å². The van der Waals surface area contributed by atoms with Gasteiger partial charge >= 0.3 is 6.03 Å². The minimum atomic E-state index is -0.857. The van der Waals surface area contributed by atoms with Crippen LogP contribution in [0.5, 0.6) is 0 Å². The van der Waals surface area contributed by atoms with E-state index in [9.17, 15) is 9.59 Å². The molecular weight excluding hydrogens is 334 g/mol. The molecule has 0 bridgehead atoms. The van der Waals surface area contributed by atoms with Crippen LogP contribution in [0.3, 0.4) is 0 Å². The van der Waals surface area contributed by atoms with Crippen molar-refractivity contribution in [2.75, 3.05) is 5.32 Å². The number of imide groups is 1. The second-order valence-electron chi connectivity index (χ2n) is 5.00. The predicted molar refractivity (Wildman–Crippen MR) is 91.8 cm³/mol. The molecule has 0 aliphatic heterocycles. The highest BCUT2D eigenvalue weighted by atomic mass is 32.2. The third kappa shape index (κ3) is 5.22. The van der Waals surface area contributed by atoms with Gasteiger partial charge in [-0.25, -0.2) is 4.79 Å². The Bertz CT molecular complexity index is 675. The Kier molecular flexibility index (Phi) is 5.94. The van der Waals surface area contributed by atoms with E-state index in [1.54, 1.807) is 0 Å². The largest absolute Gasteiger partial charge is 0.351 e. The Hall–Kier alpha value is -2.13. The van der Waals surface area contributed by atoms with Gasteiger partial charge in [-0.15, -0.1) is 10.2 Å². The molecule has 1 aromatic carbocycles. The molecule has 0 radical (unpaired) electrons. The van der Waals surface area contributed by atoms with Crippen LogP contribution in [0.2, 0.25) is 0 Å². The van der Waals surface area contributed by atoms with Gasteiger partial charge in [0.25, 0.3) is 0 Å². The summed E-state index contributed by atoms with van der Waals surface area (Å²) in [6, 6.07) is 8.75. The maximum atomic E-state index is 12.0. The van der Waals surface area contributed by atoms with Crippen LogP contribution < -0.4 is 16.4 Å². The highest BCUT2D eigenvalue weighted by molar-refractivity contribution is 8.02. The molecule has 1 heterocycles. The van der Waals surface area contributed by atoms with E-state index in [1.165, 1.54) is 23.1 Å². The molecule has 7 nitrogen and oxygen atoms in total. The summed E-state index contributed by atoms with van der Waals surface area (Å²) in [5, 5.41) is 13.5. The Balaban J connectivity index is 2.04. The molecule has 0 spiro atoms. The smallest absolute Gasteiger partial charge is 0.318 e. The number of rotatable bonds is 6. The molecule has 0 saturated heterocycles. The third-order valence-corrected chi connectivity index (χ3v) is 5.24. The fourth-order valence-electron chi connectivity index (χ4n) is 1.75. The maximum Gasteiger partial charge on any atom is 0.318 e. The molecule has 9 heteroatoms. The van der Waals surface area contributed by atoms with Crippen LogP contribution in [0.15, 0.2) is 34.7 Å². The lowest BCUT2D eigenvalue weighted by Crippen LogP contribution is -2.42. The first-order valence-electron chi connectivity index (χ1n) is 6.88. The number of nitrogens with zero attached hydrogens (tertiary/aromatic N) is 2. The number of hydrogen-bond acceptors (Lipinski definition) is 7. The number of amides is 3. The normalized spacial score (nSPS) is 12.0. The Labute approximate surface area is 142 Å². The first-order chi connectivity index (χ1) is 11.0. The number of nitrogens with one attached hydrogen (secondary N) is 2. The summed E-state index contributed by atoms with van der Waals surface area (Å²) in [5.41, 5.74) is 5.91. The molecule has 0 aliphatic carbocycles. The molecule has 4 N–H and O–H groups in total. The number of para-hydroxylation sites is 1. The van der Waals surface area contributed by atoms with Crippen LogP contribution in [-0.2, 0) is 4.79 Å². The highest BCUT2D eigenvalue weighted by Gasteiger charge is 2.26. The van der Waals surface area contributed by atoms with Crippen molar-refractivity contribution >= 4 is 45.9 Å². The number of thioether (sulfide) groups is 1. The summed E-state index contributed by atoms with van der Waals surface area (Å²) < 4.78 is 0.641. The topological polar surface area (TPSA) is 110 Å². The molecular formula is C14H17N5O2S2. The van der Waals surface area contributed by atoms with Gasteiger partial charge in [0, 0.05) is 5.69 Å². The molecule has 122 valence electrons. The van der Waals surface area contributed by atoms with Crippen molar-refractivity contribution in [3.05, 3.63) is 30.3 Å². The zero-order valence-corrected chi connectivity index (χ0v) is 14.3. The number of urea groups is 1. The number of anilines is 2. The van der Waals surface area contributed by atoms with Crippen molar-refractivity contribution < 1.29 is 9.59 Å². The van der Waals surface area contributed by atoms with Gasteiger partial charge in [0.1, 0.15) is 0 Å². The van der Waals surface area contributed by atoms with Crippen LogP contribution >= 0.6 is 23.1 Å². The lowest BCUT2D eigenvalue weighted by molar-refractivity contribution is -0.120. The average molecular weight is 351 g/mol. The van der Waals surface area contributed by atoms with E-state index >= 15 is 0 Å². The van der Waals surface area contributed by atoms with E-state index in [0.29, 0.717) is 9.47 Å². The molecule has 0 fully saturated rings. The standard InChI is InChI=1S/C14H17N5O2S2/c1-8(2)10(11(20)17-12(15)21)22-14-19-18-13(23-14)16-9-6-4-3-5-7-9/h3-8,10H,1-2H3,(H,16,18)(H3,15,17,20,21)/t10-/m0/s1. The maximum absolute atomic E-state index is 12.0. The molecule has 0 unspecified atom stereocenters. The molecule has 3 amide bonds. The zero-order chi connectivity index (χ0) is 16.8. The van der Waals surface area contributed by atoms with Crippen molar-refractivity contribution in [2.45, 2.75) is 23.4 Å². The van der Waals surface area contributed by atoms with E-state index in [0.717, 1.165) is 5.69 Å². The number of carbonyl (C=O) groups is 2. The van der Waals surface area contributed by atoms with Crippen molar-refractivity contribution in [3.8, 4) is 0 Å². The molecule has 2 rings (SSSR count). The number of aromatic nitrogens is 2. The lowest BCUT2D eigenvalue weighted by Gasteiger charge is -2.16. The van der Waals surface area contributed by atoms with Crippen LogP contribution in [0.4, 0.5) is 15.6 Å². The highest BCUT2D eigenvalue weighted by Crippen LogP contribution is 2.33. The molecule has 0 aliphatic rings. The van der Waals surface area contributed by atoms with Crippen molar-refractivity contribution in [3.63, 3.8) is 0 Å². The van der Waals surface area contributed by atoms with Gasteiger partial charge < -0.3 is 11.1 Å². The number of benzene rings is 1. The van der Waals surface area contributed by atoms with Gasteiger partial charge in [-0.1, -0.05) is 55.1 Å². The quantitative estimate of drug-likeness (QED) is 0.690. The average Bonchev–Trinajstić information content (AvgIpc) is 2.92. The summed E-state index contributed by atoms with van der Waals surface area (Å²) in [4.78, 5) is 22.8. The van der Waals surface area contributed by atoms with Crippen LogP contribution in [-0.4, -0.2) is 27.4 Å². The van der Waals surface area contributed by atoms with Gasteiger partial charge in [0.05, 0.1) is 5.25 Å². The van der Waals surface area contributed by atoms with Gasteiger partial charge in [0.2, 0.25) is 11.0 Å². The van der Waals surface area contributed by atoms with Gasteiger partial charge in [-0.2, -0.15) is 0 Å². The Morgan fingerprint density at radius 2 is 1.91 bits per heavy atom. The lowest BCUT2D eigenvalue weighted by atomic mass is 10.1. The molecule has 1 atom stereocenters. The third-order valence-electron chi connectivity index (χ3n) is 2.77. The number of carbonyl (C=O) groups excluding carboxylic acids is 2. The monoisotopic (exact) mass is 351 g/mol. The summed E-state index contributed by atoms with van der Waals surface area (Å²) in [6.07, 6.45) is 0. The first-order valence-corrected chi connectivity index (χ1v) is 8.58. The van der Waals surface area contributed by atoms with E-state index in [2.05, 4.69) is 20.8 Å². The van der Waals surface area contributed by atoms with Crippen molar-refractivity contribution in [2.24, 2.45) is 11.7 Å². The van der Waals surface area contributed by atoms with Crippen molar-refractivity contribution in [1.29, 1.82) is 0 Å². The Morgan fingerprint density at radius 1 is 1.22 bits per heavy atom. The van der Waals surface area contributed by atoms with Gasteiger partial charge in [0.15, 0.2) is 4.34 Å². The number of primary amides is 1. The van der Waals surface area contributed by atoms with E-state index in [-0.39, 0.29) is 5.92 Å². The molecule has 0 saturated carbocycles. The van der Waals surface area contributed by atoms with Crippen LogP contribution in [0, 0.1) is 5.92 Å². The summed E-state index contributed by atoms with van der Waals surface area (Å²) in [6.45, 7) is 3.78. The van der Waals surface area contributed by atoms with Gasteiger partial charge in [-0.05, 0) is 18.1 Å². The zero-order valence-electron chi connectivity index (χ0n) is 12.6. The second-order valence-corrected chi connectivity index (χ2v) is 7.37. The van der Waals surface area contributed by atoms with E-state index in [1.807, 2.05) is 44.2 Å². The molecule has 1 aromatic heterocycles. The molecule has 23 heavy (non-hydrogen) atoms.